The Morgan fingerprint density at radius 3 is 2.76 bits per heavy atom. The first-order chi connectivity index (χ1) is 8.36. The lowest BCUT2D eigenvalue weighted by Gasteiger charge is -2.18. The van der Waals surface area contributed by atoms with Crippen LogP contribution in [-0.4, -0.2) is 11.5 Å². The molecular weight excluding hydrogens is 208 g/mol. The van der Waals surface area contributed by atoms with Crippen LogP contribution in [0.3, 0.4) is 0 Å². The van der Waals surface area contributed by atoms with E-state index in [2.05, 4.69) is 48.4 Å². The predicted octanol–water partition coefficient (Wildman–Crippen LogP) is 3.69. The molecule has 0 aliphatic rings. The molecule has 1 atom stereocenters. The van der Waals surface area contributed by atoms with Crippen molar-refractivity contribution in [3.63, 3.8) is 0 Å². The molecule has 0 aliphatic heterocycles. The van der Waals surface area contributed by atoms with E-state index in [1.165, 1.54) is 16.3 Å². The van der Waals surface area contributed by atoms with Crippen LogP contribution in [0.5, 0.6) is 0 Å². The quantitative estimate of drug-likeness (QED) is 0.844. The largest absolute Gasteiger partial charge is 0.310 e. The van der Waals surface area contributed by atoms with Crippen LogP contribution in [0.1, 0.15) is 38.3 Å². The number of nitrogens with zero attached hydrogens (tertiary/aromatic N) is 1. The minimum absolute atomic E-state index is 0.411. The molecule has 0 saturated carbocycles. The van der Waals surface area contributed by atoms with Gasteiger partial charge in [-0.05, 0) is 30.3 Å². The summed E-state index contributed by atoms with van der Waals surface area (Å²) in [7, 11) is 0. The summed E-state index contributed by atoms with van der Waals surface area (Å²) in [6.45, 7) is 5.47. The molecule has 2 aromatic rings. The van der Waals surface area contributed by atoms with E-state index in [4.69, 9.17) is 0 Å². The van der Waals surface area contributed by atoms with Gasteiger partial charge in [0.1, 0.15) is 0 Å². The number of rotatable bonds is 5. The molecule has 2 nitrogen and oxygen atoms in total. The second-order valence-electron chi connectivity index (χ2n) is 4.36. The number of hydrogen-bond donors (Lipinski definition) is 1. The van der Waals surface area contributed by atoms with Crippen LogP contribution in [0.4, 0.5) is 0 Å². The number of benzene rings is 1. The minimum Gasteiger partial charge on any atom is -0.310 e. The Bertz CT molecular complexity index is 474. The molecule has 2 heteroatoms. The first-order valence-electron chi connectivity index (χ1n) is 6.42. The van der Waals surface area contributed by atoms with E-state index in [9.17, 15) is 0 Å². The molecule has 1 aromatic heterocycles. The molecule has 0 radical (unpaired) electrons. The first-order valence-corrected chi connectivity index (χ1v) is 6.42. The molecule has 1 N–H and O–H groups in total. The average Bonchev–Trinajstić information content (AvgIpc) is 2.40. The zero-order valence-electron chi connectivity index (χ0n) is 10.6. The van der Waals surface area contributed by atoms with Gasteiger partial charge in [0, 0.05) is 23.8 Å². The van der Waals surface area contributed by atoms with E-state index < -0.39 is 0 Å². The summed E-state index contributed by atoms with van der Waals surface area (Å²) in [5.74, 6) is 0. The van der Waals surface area contributed by atoms with Crippen LogP contribution < -0.4 is 5.32 Å². The summed E-state index contributed by atoms with van der Waals surface area (Å²) in [6.07, 6.45) is 6.19. The van der Waals surface area contributed by atoms with Gasteiger partial charge in [0.2, 0.25) is 0 Å². The topological polar surface area (TPSA) is 24.9 Å². The van der Waals surface area contributed by atoms with Crippen LogP contribution in [-0.2, 0) is 0 Å². The Labute approximate surface area is 103 Å². The molecule has 0 bridgehead atoms. The molecule has 0 amide bonds. The van der Waals surface area contributed by atoms with E-state index in [1.807, 2.05) is 12.4 Å². The third kappa shape index (κ3) is 2.64. The zero-order valence-corrected chi connectivity index (χ0v) is 10.6. The molecule has 1 aromatic carbocycles. The van der Waals surface area contributed by atoms with Crippen LogP contribution >= 0.6 is 0 Å². The van der Waals surface area contributed by atoms with Gasteiger partial charge in [0.05, 0.1) is 0 Å². The number of fused-ring (bicyclic) bond motifs is 1. The monoisotopic (exact) mass is 228 g/mol. The van der Waals surface area contributed by atoms with Crippen molar-refractivity contribution in [1.82, 2.24) is 10.3 Å². The van der Waals surface area contributed by atoms with Crippen molar-refractivity contribution in [2.75, 3.05) is 6.54 Å². The second-order valence-corrected chi connectivity index (χ2v) is 4.36. The van der Waals surface area contributed by atoms with Crippen LogP contribution in [0, 0.1) is 0 Å². The van der Waals surface area contributed by atoms with Gasteiger partial charge in [0.25, 0.3) is 0 Å². The Balaban J connectivity index is 2.38. The third-order valence-corrected chi connectivity index (χ3v) is 3.12. The highest BCUT2D eigenvalue weighted by molar-refractivity contribution is 5.85. The maximum Gasteiger partial charge on any atom is 0.0346 e. The standard InChI is InChI=1S/C15H20N2/c1-3-9-17-15(4-2)14-11-16-10-12-7-5-6-8-13(12)14/h5-8,10-11,15,17H,3-4,9H2,1-2H3. The summed E-state index contributed by atoms with van der Waals surface area (Å²) in [5, 5.41) is 6.13. The smallest absolute Gasteiger partial charge is 0.0346 e. The normalized spacial score (nSPS) is 12.8. The highest BCUT2D eigenvalue weighted by atomic mass is 14.9. The van der Waals surface area contributed by atoms with Gasteiger partial charge in [-0.3, -0.25) is 4.98 Å². The number of nitrogens with one attached hydrogen (secondary N) is 1. The molecule has 0 saturated heterocycles. The Kier molecular flexibility index (Phi) is 4.10. The zero-order chi connectivity index (χ0) is 12.1. The van der Waals surface area contributed by atoms with Gasteiger partial charge < -0.3 is 5.32 Å². The summed E-state index contributed by atoms with van der Waals surface area (Å²) in [5.41, 5.74) is 1.32. The molecule has 90 valence electrons. The maximum absolute atomic E-state index is 4.35. The molecule has 0 aliphatic carbocycles. The van der Waals surface area contributed by atoms with Crippen LogP contribution in [0.25, 0.3) is 10.8 Å². The summed E-state index contributed by atoms with van der Waals surface area (Å²) in [4.78, 5) is 4.35. The van der Waals surface area contributed by atoms with Gasteiger partial charge >= 0.3 is 0 Å². The molecule has 2 rings (SSSR count). The predicted molar refractivity (Wildman–Crippen MR) is 73.1 cm³/mol. The molecule has 17 heavy (non-hydrogen) atoms. The molecule has 0 fully saturated rings. The maximum atomic E-state index is 4.35. The number of aromatic nitrogens is 1. The van der Waals surface area contributed by atoms with Gasteiger partial charge in [0.15, 0.2) is 0 Å². The molecular formula is C15H20N2. The molecule has 1 heterocycles. The summed E-state index contributed by atoms with van der Waals surface area (Å²) in [6, 6.07) is 8.88. The molecule has 0 spiro atoms. The summed E-state index contributed by atoms with van der Waals surface area (Å²) < 4.78 is 0. The Morgan fingerprint density at radius 1 is 1.18 bits per heavy atom. The van der Waals surface area contributed by atoms with Gasteiger partial charge in [-0.1, -0.05) is 38.1 Å². The SMILES string of the molecule is CCCNC(CC)c1cncc2ccccc12. The van der Waals surface area contributed by atoms with Gasteiger partial charge in [-0.15, -0.1) is 0 Å². The lowest BCUT2D eigenvalue weighted by Crippen LogP contribution is -2.21. The lowest BCUT2D eigenvalue weighted by molar-refractivity contribution is 0.520. The highest BCUT2D eigenvalue weighted by Crippen LogP contribution is 2.24. The van der Waals surface area contributed by atoms with E-state index in [-0.39, 0.29) is 0 Å². The van der Waals surface area contributed by atoms with Crippen LogP contribution in [0.2, 0.25) is 0 Å². The van der Waals surface area contributed by atoms with Crippen LogP contribution in [0.15, 0.2) is 36.7 Å². The minimum atomic E-state index is 0.411. The van der Waals surface area contributed by atoms with Crippen molar-refractivity contribution >= 4 is 10.8 Å². The Morgan fingerprint density at radius 2 is 2.00 bits per heavy atom. The van der Waals surface area contributed by atoms with E-state index >= 15 is 0 Å². The highest BCUT2D eigenvalue weighted by Gasteiger charge is 2.11. The van der Waals surface area contributed by atoms with Gasteiger partial charge in [-0.25, -0.2) is 0 Å². The number of hydrogen-bond acceptors (Lipinski definition) is 2. The van der Waals surface area contributed by atoms with Crippen molar-refractivity contribution in [3.8, 4) is 0 Å². The van der Waals surface area contributed by atoms with Crippen molar-refractivity contribution in [3.05, 3.63) is 42.2 Å². The fourth-order valence-corrected chi connectivity index (χ4v) is 2.21. The first kappa shape index (κ1) is 12.1. The fourth-order valence-electron chi connectivity index (χ4n) is 2.21. The lowest BCUT2D eigenvalue weighted by atomic mass is 10.00. The van der Waals surface area contributed by atoms with Gasteiger partial charge in [-0.2, -0.15) is 0 Å². The van der Waals surface area contributed by atoms with Crippen molar-refractivity contribution < 1.29 is 0 Å². The van der Waals surface area contributed by atoms with Crippen molar-refractivity contribution in [2.45, 2.75) is 32.7 Å². The Hall–Kier alpha value is -1.41. The van der Waals surface area contributed by atoms with Crippen molar-refractivity contribution in [1.29, 1.82) is 0 Å². The van der Waals surface area contributed by atoms with E-state index in [0.29, 0.717) is 6.04 Å². The van der Waals surface area contributed by atoms with E-state index in [0.717, 1.165) is 19.4 Å². The fraction of sp³-hybridized carbons (Fsp3) is 0.400. The van der Waals surface area contributed by atoms with E-state index in [1.54, 1.807) is 0 Å². The second kappa shape index (κ2) is 5.78. The number of pyridine rings is 1. The third-order valence-electron chi connectivity index (χ3n) is 3.12. The average molecular weight is 228 g/mol. The summed E-state index contributed by atoms with van der Waals surface area (Å²) >= 11 is 0. The molecule has 1 unspecified atom stereocenters. The van der Waals surface area contributed by atoms with Crippen molar-refractivity contribution in [2.24, 2.45) is 0 Å².